The number of likely N-dealkylation sites (tertiary alicyclic amines) is 1. The SMILES string of the molecule is COc1ccc(Cl)c2[nH]c(C(=O)N3CC4(CCCCC4)CC3C(=O)N[C@H](C#N)C[C@@H]3CCC(C)(C)CC3=O)cc12. The first-order chi connectivity index (χ1) is 19.0. The molecule has 0 bridgehead atoms. The Kier molecular flexibility index (Phi) is 7.89. The molecule has 3 atom stereocenters. The summed E-state index contributed by atoms with van der Waals surface area (Å²) in [6.07, 6.45) is 8.29. The van der Waals surface area contributed by atoms with Gasteiger partial charge in [0.2, 0.25) is 5.91 Å². The van der Waals surface area contributed by atoms with Gasteiger partial charge in [0, 0.05) is 24.3 Å². The average Bonchev–Trinajstić information content (AvgIpc) is 3.53. The number of aromatic amines is 1. The quantitative estimate of drug-likeness (QED) is 0.459. The first-order valence-electron chi connectivity index (χ1n) is 14.4. The number of ketones is 1. The van der Waals surface area contributed by atoms with Crippen LogP contribution in [0.15, 0.2) is 18.2 Å². The van der Waals surface area contributed by atoms with E-state index in [1.165, 1.54) is 0 Å². The summed E-state index contributed by atoms with van der Waals surface area (Å²) in [5.41, 5.74) is 0.834. The summed E-state index contributed by atoms with van der Waals surface area (Å²) in [7, 11) is 1.57. The minimum atomic E-state index is -0.779. The van der Waals surface area contributed by atoms with E-state index in [0.717, 1.165) is 44.9 Å². The number of nitrogens with zero attached hydrogens (tertiary/aromatic N) is 2. The largest absolute Gasteiger partial charge is 0.496 e. The molecule has 8 nitrogen and oxygen atoms in total. The molecule has 2 aromatic rings. The zero-order chi connectivity index (χ0) is 28.7. The Morgan fingerprint density at radius 1 is 1.25 bits per heavy atom. The minimum absolute atomic E-state index is 0.0190. The molecule has 214 valence electrons. The number of Topliss-reactive ketones (excluding diaryl/α,β-unsaturated/α-hetero) is 1. The smallest absolute Gasteiger partial charge is 0.271 e. The van der Waals surface area contributed by atoms with Crippen molar-refractivity contribution in [2.24, 2.45) is 16.7 Å². The lowest BCUT2D eigenvalue weighted by Crippen LogP contribution is -2.49. The van der Waals surface area contributed by atoms with E-state index in [4.69, 9.17) is 16.3 Å². The molecule has 9 heteroatoms. The lowest BCUT2D eigenvalue weighted by atomic mass is 9.71. The highest BCUT2D eigenvalue weighted by molar-refractivity contribution is 6.35. The van der Waals surface area contributed by atoms with Crippen LogP contribution in [0, 0.1) is 28.1 Å². The van der Waals surface area contributed by atoms with Crippen LogP contribution < -0.4 is 10.1 Å². The number of fused-ring (bicyclic) bond motifs is 1. The molecule has 1 aliphatic heterocycles. The molecule has 3 aliphatic rings. The zero-order valence-corrected chi connectivity index (χ0v) is 24.4. The van der Waals surface area contributed by atoms with Gasteiger partial charge in [0.15, 0.2) is 0 Å². The molecule has 1 aromatic heterocycles. The highest BCUT2D eigenvalue weighted by atomic mass is 35.5. The van der Waals surface area contributed by atoms with Crippen LogP contribution >= 0.6 is 11.6 Å². The van der Waals surface area contributed by atoms with Crippen LogP contribution in [-0.4, -0.2) is 53.2 Å². The van der Waals surface area contributed by atoms with Crippen molar-refractivity contribution in [1.29, 1.82) is 5.26 Å². The third-order valence-corrected chi connectivity index (χ3v) is 9.72. The fourth-order valence-corrected chi connectivity index (χ4v) is 7.36. The summed E-state index contributed by atoms with van der Waals surface area (Å²) in [6, 6.07) is 5.95. The van der Waals surface area contributed by atoms with E-state index in [-0.39, 0.29) is 34.3 Å². The topological polar surface area (TPSA) is 115 Å². The van der Waals surface area contributed by atoms with Crippen molar-refractivity contribution in [2.75, 3.05) is 13.7 Å². The van der Waals surface area contributed by atoms with Gasteiger partial charge in [0.1, 0.15) is 29.3 Å². The molecule has 2 N–H and O–H groups in total. The highest BCUT2D eigenvalue weighted by Crippen LogP contribution is 2.47. The van der Waals surface area contributed by atoms with Gasteiger partial charge in [-0.1, -0.05) is 44.7 Å². The summed E-state index contributed by atoms with van der Waals surface area (Å²) in [4.78, 5) is 45.3. The van der Waals surface area contributed by atoms with Crippen LogP contribution in [0.4, 0.5) is 0 Å². The molecule has 1 unspecified atom stereocenters. The van der Waals surface area contributed by atoms with Gasteiger partial charge in [-0.2, -0.15) is 5.26 Å². The van der Waals surface area contributed by atoms with Gasteiger partial charge in [0.05, 0.1) is 23.7 Å². The molecule has 2 heterocycles. The molecule has 2 amide bonds. The number of H-pyrrole nitrogens is 1. The number of aromatic nitrogens is 1. The van der Waals surface area contributed by atoms with E-state index in [2.05, 4.69) is 30.2 Å². The first-order valence-corrected chi connectivity index (χ1v) is 14.8. The van der Waals surface area contributed by atoms with Gasteiger partial charge in [0.25, 0.3) is 5.91 Å². The Labute approximate surface area is 240 Å². The van der Waals surface area contributed by atoms with Crippen LogP contribution in [-0.2, 0) is 9.59 Å². The predicted molar refractivity (Wildman–Crippen MR) is 153 cm³/mol. The summed E-state index contributed by atoms with van der Waals surface area (Å²) in [5.74, 6) is -0.0491. The number of rotatable bonds is 6. The van der Waals surface area contributed by atoms with Crippen LogP contribution in [0.5, 0.6) is 5.75 Å². The molecule has 40 heavy (non-hydrogen) atoms. The van der Waals surface area contributed by atoms with Crippen molar-refractivity contribution in [2.45, 2.75) is 90.1 Å². The van der Waals surface area contributed by atoms with Gasteiger partial charge < -0.3 is 19.9 Å². The number of nitriles is 1. The Hall–Kier alpha value is -3.05. The van der Waals surface area contributed by atoms with E-state index < -0.39 is 12.1 Å². The van der Waals surface area contributed by atoms with E-state index >= 15 is 0 Å². The molecule has 1 aromatic carbocycles. The van der Waals surface area contributed by atoms with Crippen LogP contribution in [0.3, 0.4) is 0 Å². The number of ether oxygens (including phenoxy) is 1. The van der Waals surface area contributed by atoms with Crippen LogP contribution in [0.25, 0.3) is 10.9 Å². The second kappa shape index (κ2) is 11.1. The third kappa shape index (κ3) is 5.58. The average molecular weight is 567 g/mol. The summed E-state index contributed by atoms with van der Waals surface area (Å²) in [6.45, 7) is 4.68. The van der Waals surface area contributed by atoms with Crippen molar-refractivity contribution >= 4 is 40.1 Å². The lowest BCUT2D eigenvalue weighted by Gasteiger charge is -2.34. The first kappa shape index (κ1) is 28.5. The molecule has 5 rings (SSSR count). The molecule has 1 spiro atoms. The molecular formula is C31H39ClN4O4. The van der Waals surface area contributed by atoms with E-state index in [9.17, 15) is 19.6 Å². The van der Waals surface area contributed by atoms with Gasteiger partial charge in [-0.05, 0) is 67.6 Å². The van der Waals surface area contributed by atoms with Crippen LogP contribution in [0.1, 0.15) is 88.5 Å². The number of amides is 2. The molecule has 0 radical (unpaired) electrons. The molecule has 1 saturated heterocycles. The fourth-order valence-electron chi connectivity index (χ4n) is 7.15. The van der Waals surface area contributed by atoms with Gasteiger partial charge >= 0.3 is 0 Å². The fraction of sp³-hybridized carbons (Fsp3) is 0.613. The van der Waals surface area contributed by atoms with Crippen molar-refractivity contribution < 1.29 is 19.1 Å². The van der Waals surface area contributed by atoms with Gasteiger partial charge in [-0.3, -0.25) is 14.4 Å². The number of methoxy groups -OCH3 is 1. The minimum Gasteiger partial charge on any atom is -0.496 e. The Bertz CT molecular complexity index is 1350. The Balaban J connectivity index is 1.37. The van der Waals surface area contributed by atoms with Crippen molar-refractivity contribution in [3.05, 3.63) is 28.9 Å². The maximum atomic E-state index is 14.0. The number of hydrogen-bond donors (Lipinski definition) is 2. The Morgan fingerprint density at radius 2 is 2.00 bits per heavy atom. The standard InChI is InChI=1S/C31H39ClN4O4/c1-30(2)12-9-19(25(37)16-30)13-20(17-33)34-28(38)24-15-31(10-5-4-6-11-31)18-36(24)29(39)23-14-21-26(40-3)8-7-22(32)27(21)35-23/h7-8,14,19-20,24,35H,4-6,9-13,15-16,18H2,1-3H3,(H,34,38)/t19-,20-,24?/m0/s1. The van der Waals surface area contributed by atoms with Crippen molar-refractivity contribution in [3.8, 4) is 11.8 Å². The number of hydrogen-bond acceptors (Lipinski definition) is 5. The van der Waals surface area contributed by atoms with Crippen molar-refractivity contribution in [1.82, 2.24) is 15.2 Å². The molecule has 2 aliphatic carbocycles. The Morgan fingerprint density at radius 3 is 2.67 bits per heavy atom. The summed E-state index contributed by atoms with van der Waals surface area (Å²) >= 11 is 6.41. The lowest BCUT2D eigenvalue weighted by molar-refractivity contribution is -0.129. The van der Waals surface area contributed by atoms with Crippen LogP contribution in [0.2, 0.25) is 5.02 Å². The van der Waals surface area contributed by atoms with Gasteiger partial charge in [-0.25, -0.2) is 0 Å². The second-order valence-electron chi connectivity index (χ2n) is 12.9. The van der Waals surface area contributed by atoms with E-state index in [1.807, 2.05) is 0 Å². The van der Waals surface area contributed by atoms with E-state index in [0.29, 0.717) is 53.2 Å². The normalized spacial score (nSPS) is 24.6. The number of halogens is 1. The molecule has 2 saturated carbocycles. The van der Waals surface area contributed by atoms with Gasteiger partial charge in [-0.15, -0.1) is 0 Å². The predicted octanol–water partition coefficient (Wildman–Crippen LogP) is 5.79. The van der Waals surface area contributed by atoms with Crippen molar-refractivity contribution in [3.63, 3.8) is 0 Å². The zero-order valence-electron chi connectivity index (χ0n) is 23.6. The number of nitrogens with one attached hydrogen (secondary N) is 2. The number of carbonyl (C=O) groups excluding carboxylic acids is 3. The monoisotopic (exact) mass is 566 g/mol. The number of benzene rings is 1. The maximum absolute atomic E-state index is 14.0. The van der Waals surface area contributed by atoms with E-state index in [1.54, 1.807) is 30.2 Å². The second-order valence-corrected chi connectivity index (χ2v) is 13.3. The summed E-state index contributed by atoms with van der Waals surface area (Å²) in [5, 5.41) is 14.0. The number of carbonyl (C=O) groups is 3. The highest BCUT2D eigenvalue weighted by Gasteiger charge is 2.49. The molecule has 3 fully saturated rings. The maximum Gasteiger partial charge on any atom is 0.271 e. The molecular weight excluding hydrogens is 528 g/mol. The third-order valence-electron chi connectivity index (χ3n) is 9.41. The summed E-state index contributed by atoms with van der Waals surface area (Å²) < 4.78 is 5.47.